The molecule has 152 valence electrons. The maximum absolute atomic E-state index is 12.8. The van der Waals surface area contributed by atoms with E-state index in [1.807, 2.05) is 24.3 Å². The second kappa shape index (κ2) is 9.55. The molecule has 1 aliphatic rings. The van der Waals surface area contributed by atoms with Crippen molar-refractivity contribution in [3.63, 3.8) is 0 Å². The molecular formula is C20H32N2O4S. The molecule has 0 aliphatic carbocycles. The van der Waals surface area contributed by atoms with Gasteiger partial charge in [0, 0.05) is 19.0 Å². The Kier molecular flexibility index (Phi) is 7.68. The van der Waals surface area contributed by atoms with Crippen LogP contribution in [0.15, 0.2) is 24.3 Å². The van der Waals surface area contributed by atoms with Crippen molar-refractivity contribution in [2.75, 3.05) is 26.0 Å². The Hall–Kier alpha value is -1.60. The quantitative estimate of drug-likeness (QED) is 0.733. The maximum Gasteiger partial charge on any atom is 0.223 e. The van der Waals surface area contributed by atoms with Gasteiger partial charge in [0.1, 0.15) is 5.75 Å². The van der Waals surface area contributed by atoms with Crippen LogP contribution in [0.1, 0.15) is 51.6 Å². The predicted molar refractivity (Wildman–Crippen MR) is 107 cm³/mol. The molecule has 27 heavy (non-hydrogen) atoms. The fourth-order valence-corrected chi connectivity index (χ4v) is 4.59. The first-order chi connectivity index (χ1) is 12.8. The smallest absolute Gasteiger partial charge is 0.223 e. The second-order valence-corrected chi connectivity index (χ2v) is 9.80. The average molecular weight is 397 g/mol. The van der Waals surface area contributed by atoms with Gasteiger partial charge < -0.3 is 10.1 Å². The van der Waals surface area contributed by atoms with Crippen molar-refractivity contribution < 1.29 is 17.9 Å². The van der Waals surface area contributed by atoms with Gasteiger partial charge in [0.05, 0.1) is 18.9 Å². The number of nitrogens with one attached hydrogen (secondary N) is 1. The molecule has 1 atom stereocenters. The summed E-state index contributed by atoms with van der Waals surface area (Å²) < 4.78 is 30.7. The van der Waals surface area contributed by atoms with Crippen LogP contribution >= 0.6 is 0 Å². The highest BCUT2D eigenvalue weighted by atomic mass is 32.2. The number of piperidine rings is 1. The monoisotopic (exact) mass is 396 g/mol. The summed E-state index contributed by atoms with van der Waals surface area (Å²) in [6.07, 6.45) is 1.99. The van der Waals surface area contributed by atoms with Gasteiger partial charge in [-0.15, -0.1) is 0 Å². The third-order valence-corrected chi connectivity index (χ3v) is 7.01. The Morgan fingerprint density at radius 2 is 1.81 bits per heavy atom. The van der Waals surface area contributed by atoms with Gasteiger partial charge in [-0.2, -0.15) is 0 Å². The van der Waals surface area contributed by atoms with E-state index >= 15 is 0 Å². The lowest BCUT2D eigenvalue weighted by molar-refractivity contribution is -0.127. The summed E-state index contributed by atoms with van der Waals surface area (Å²) in [5.74, 6) is 1.22. The number of carbonyl (C=O) groups excluding carboxylic acids is 1. The molecule has 1 aliphatic heterocycles. The highest BCUT2D eigenvalue weighted by molar-refractivity contribution is 7.89. The Labute approximate surface area is 163 Å². The normalized spacial score (nSPS) is 17.7. The van der Waals surface area contributed by atoms with Crippen molar-refractivity contribution in [3.8, 4) is 5.75 Å². The zero-order valence-electron chi connectivity index (χ0n) is 16.8. The molecule has 0 saturated carbocycles. The second-order valence-electron chi connectivity index (χ2n) is 7.54. The zero-order chi connectivity index (χ0) is 20.0. The summed E-state index contributed by atoms with van der Waals surface area (Å²) in [4.78, 5) is 12.8. The lowest BCUT2D eigenvalue weighted by Gasteiger charge is -2.31. The number of carbonyl (C=O) groups is 1. The third-order valence-electron chi connectivity index (χ3n) is 5.12. The van der Waals surface area contributed by atoms with Gasteiger partial charge in [0.15, 0.2) is 0 Å². The van der Waals surface area contributed by atoms with Crippen molar-refractivity contribution >= 4 is 15.9 Å². The summed E-state index contributed by atoms with van der Waals surface area (Å²) in [6, 6.07) is 7.73. The average Bonchev–Trinajstić information content (AvgIpc) is 2.67. The SMILES string of the molecule is CCS(=O)(=O)N1CCC(C(=O)N[C@@H](CC(C)C)c2ccc(OC)cc2)CC1. The molecule has 1 heterocycles. The molecule has 2 rings (SSSR count). The molecule has 7 heteroatoms. The largest absolute Gasteiger partial charge is 0.497 e. The standard InChI is InChI=1S/C20H32N2O4S/c1-5-27(24,25)22-12-10-17(11-13-22)20(23)21-19(14-15(2)3)16-6-8-18(26-4)9-7-16/h6-9,15,17,19H,5,10-14H2,1-4H3,(H,21,23)/t19-/m0/s1. The van der Waals surface area contributed by atoms with Crippen molar-refractivity contribution in [2.45, 2.75) is 46.1 Å². The van der Waals surface area contributed by atoms with Crippen molar-refractivity contribution in [1.82, 2.24) is 9.62 Å². The van der Waals surface area contributed by atoms with E-state index in [4.69, 9.17) is 4.74 Å². The number of amides is 1. The number of methoxy groups -OCH3 is 1. The van der Waals surface area contributed by atoms with Crippen LogP contribution in [0.2, 0.25) is 0 Å². The van der Waals surface area contributed by atoms with Gasteiger partial charge in [0.25, 0.3) is 0 Å². The van der Waals surface area contributed by atoms with Crippen molar-refractivity contribution in [1.29, 1.82) is 0 Å². The van der Waals surface area contributed by atoms with Gasteiger partial charge in [0.2, 0.25) is 15.9 Å². The van der Waals surface area contributed by atoms with Crippen molar-refractivity contribution in [2.24, 2.45) is 11.8 Å². The minimum atomic E-state index is -3.17. The molecule has 6 nitrogen and oxygen atoms in total. The van der Waals surface area contributed by atoms with E-state index in [2.05, 4.69) is 19.2 Å². The van der Waals surface area contributed by atoms with E-state index < -0.39 is 10.0 Å². The lowest BCUT2D eigenvalue weighted by atomic mass is 9.93. The number of sulfonamides is 1. The van der Waals surface area contributed by atoms with E-state index in [1.54, 1.807) is 14.0 Å². The van der Waals surface area contributed by atoms with Gasteiger partial charge in [-0.3, -0.25) is 4.79 Å². The highest BCUT2D eigenvalue weighted by Crippen LogP contribution is 2.26. The molecule has 1 aromatic carbocycles. The van der Waals surface area contributed by atoms with Crippen LogP contribution in [0.4, 0.5) is 0 Å². The molecule has 0 spiro atoms. The van der Waals surface area contributed by atoms with Gasteiger partial charge in [-0.1, -0.05) is 26.0 Å². The molecule has 0 radical (unpaired) electrons. The minimum Gasteiger partial charge on any atom is -0.497 e. The van der Waals surface area contributed by atoms with Crippen LogP contribution in [-0.4, -0.2) is 44.6 Å². The molecule has 1 N–H and O–H groups in total. The fourth-order valence-electron chi connectivity index (χ4n) is 3.45. The van der Waals surface area contributed by atoms with Gasteiger partial charge >= 0.3 is 0 Å². The van der Waals surface area contributed by atoms with Crippen LogP contribution in [0, 0.1) is 11.8 Å². The summed E-state index contributed by atoms with van der Waals surface area (Å²) in [7, 11) is -1.54. The van der Waals surface area contributed by atoms with Gasteiger partial charge in [-0.25, -0.2) is 12.7 Å². The van der Waals surface area contributed by atoms with Crippen LogP contribution in [0.5, 0.6) is 5.75 Å². The summed E-state index contributed by atoms with van der Waals surface area (Å²) in [5, 5.41) is 3.19. The summed E-state index contributed by atoms with van der Waals surface area (Å²) in [6.45, 7) is 6.77. The number of ether oxygens (including phenoxy) is 1. The number of rotatable bonds is 8. The first kappa shape index (κ1) is 21.7. The van der Waals surface area contributed by atoms with Crippen LogP contribution < -0.4 is 10.1 Å². The van der Waals surface area contributed by atoms with Crippen LogP contribution in [0.3, 0.4) is 0 Å². The van der Waals surface area contributed by atoms with Crippen molar-refractivity contribution in [3.05, 3.63) is 29.8 Å². The molecule has 1 fully saturated rings. The first-order valence-corrected chi connectivity index (χ1v) is 11.3. The number of nitrogens with zero attached hydrogens (tertiary/aromatic N) is 1. The topological polar surface area (TPSA) is 75.7 Å². The zero-order valence-corrected chi connectivity index (χ0v) is 17.6. The molecular weight excluding hydrogens is 364 g/mol. The number of hydrogen-bond donors (Lipinski definition) is 1. The fraction of sp³-hybridized carbons (Fsp3) is 0.650. The van der Waals surface area contributed by atoms with E-state index in [1.165, 1.54) is 4.31 Å². The predicted octanol–water partition coefficient (Wildman–Crippen LogP) is 2.96. The summed E-state index contributed by atoms with van der Waals surface area (Å²) in [5.41, 5.74) is 1.06. The number of benzene rings is 1. The first-order valence-electron chi connectivity index (χ1n) is 9.69. The molecule has 0 unspecified atom stereocenters. The molecule has 0 aromatic heterocycles. The number of hydrogen-bond acceptors (Lipinski definition) is 4. The lowest BCUT2D eigenvalue weighted by Crippen LogP contribution is -2.44. The van der Waals surface area contributed by atoms with E-state index in [-0.39, 0.29) is 23.6 Å². The Morgan fingerprint density at radius 3 is 2.30 bits per heavy atom. The van der Waals surface area contributed by atoms with E-state index in [0.717, 1.165) is 17.7 Å². The van der Waals surface area contributed by atoms with Gasteiger partial charge in [-0.05, 0) is 49.8 Å². The Balaban J connectivity index is 2.01. The Morgan fingerprint density at radius 1 is 1.22 bits per heavy atom. The van der Waals surface area contributed by atoms with Crippen LogP contribution in [-0.2, 0) is 14.8 Å². The maximum atomic E-state index is 12.8. The van der Waals surface area contributed by atoms with E-state index in [9.17, 15) is 13.2 Å². The molecule has 0 bridgehead atoms. The molecule has 1 aromatic rings. The van der Waals surface area contributed by atoms with Crippen LogP contribution in [0.25, 0.3) is 0 Å². The molecule has 1 saturated heterocycles. The molecule has 1 amide bonds. The third kappa shape index (κ3) is 5.94. The minimum absolute atomic E-state index is 0.0185. The Bertz CT molecular complexity index is 708. The highest BCUT2D eigenvalue weighted by Gasteiger charge is 2.31. The van der Waals surface area contributed by atoms with E-state index in [0.29, 0.717) is 31.8 Å². The summed E-state index contributed by atoms with van der Waals surface area (Å²) >= 11 is 0.